The quantitative estimate of drug-likeness (QED) is 0.571. The summed E-state index contributed by atoms with van der Waals surface area (Å²) < 4.78 is 0. The van der Waals surface area contributed by atoms with Crippen molar-refractivity contribution in [1.29, 1.82) is 0 Å². The van der Waals surface area contributed by atoms with Crippen LogP contribution in [0.25, 0.3) is 0 Å². The smallest absolute Gasteiger partial charge is 0.230 e. The van der Waals surface area contributed by atoms with E-state index in [1.165, 1.54) is 25.7 Å². The Morgan fingerprint density at radius 1 is 1.10 bits per heavy atom. The van der Waals surface area contributed by atoms with E-state index >= 15 is 0 Å². The lowest BCUT2D eigenvalue weighted by molar-refractivity contribution is -0.119. The number of unbranched alkanes of at least 4 members (excludes halogenated alkanes) is 4. The Morgan fingerprint density at radius 3 is 2.50 bits per heavy atom. The summed E-state index contributed by atoms with van der Waals surface area (Å²) in [6.45, 7) is 3.03. The van der Waals surface area contributed by atoms with Crippen LogP contribution in [0.3, 0.4) is 0 Å². The fraction of sp³-hybridized carbons (Fsp3) is 0.500. The van der Waals surface area contributed by atoms with Crippen LogP contribution >= 0.6 is 12.2 Å². The third-order valence-electron chi connectivity index (χ3n) is 3.03. The van der Waals surface area contributed by atoms with Crippen LogP contribution in [-0.2, 0) is 11.2 Å². The molecule has 0 atom stereocenters. The summed E-state index contributed by atoms with van der Waals surface area (Å²) in [6.07, 6.45) is 6.47. The van der Waals surface area contributed by atoms with Crippen LogP contribution < -0.4 is 10.6 Å². The first-order valence-corrected chi connectivity index (χ1v) is 7.74. The van der Waals surface area contributed by atoms with Gasteiger partial charge in [0.2, 0.25) is 5.91 Å². The topological polar surface area (TPSA) is 41.1 Å². The maximum Gasteiger partial charge on any atom is 0.230 e. The number of benzene rings is 1. The van der Waals surface area contributed by atoms with Gasteiger partial charge in [0.05, 0.1) is 6.42 Å². The molecule has 0 aliphatic heterocycles. The molecule has 110 valence electrons. The number of thiocarbonyl (C=S) groups is 1. The van der Waals surface area contributed by atoms with Gasteiger partial charge in [0, 0.05) is 6.54 Å². The van der Waals surface area contributed by atoms with Crippen molar-refractivity contribution in [3.05, 3.63) is 35.9 Å². The number of hydrogen-bond donors (Lipinski definition) is 2. The van der Waals surface area contributed by atoms with Crippen LogP contribution in [-0.4, -0.2) is 17.6 Å². The van der Waals surface area contributed by atoms with Gasteiger partial charge >= 0.3 is 0 Å². The highest BCUT2D eigenvalue weighted by atomic mass is 32.1. The first kappa shape index (κ1) is 16.6. The zero-order valence-corrected chi connectivity index (χ0v) is 13.0. The van der Waals surface area contributed by atoms with Gasteiger partial charge in [-0.1, -0.05) is 62.9 Å². The highest BCUT2D eigenvalue weighted by Crippen LogP contribution is 2.01. The van der Waals surface area contributed by atoms with Crippen molar-refractivity contribution >= 4 is 23.2 Å². The first-order chi connectivity index (χ1) is 9.72. The second-order valence-electron chi connectivity index (χ2n) is 4.88. The molecule has 20 heavy (non-hydrogen) atoms. The number of nitrogens with one attached hydrogen (secondary N) is 2. The third-order valence-corrected chi connectivity index (χ3v) is 3.27. The van der Waals surface area contributed by atoms with Gasteiger partial charge in [-0.25, -0.2) is 0 Å². The van der Waals surface area contributed by atoms with E-state index in [1.807, 2.05) is 30.3 Å². The molecule has 1 rings (SSSR count). The van der Waals surface area contributed by atoms with Crippen LogP contribution in [0.2, 0.25) is 0 Å². The van der Waals surface area contributed by atoms with E-state index in [-0.39, 0.29) is 5.91 Å². The van der Waals surface area contributed by atoms with Crippen molar-refractivity contribution in [1.82, 2.24) is 10.6 Å². The van der Waals surface area contributed by atoms with Crippen LogP contribution in [0.5, 0.6) is 0 Å². The Morgan fingerprint density at radius 2 is 1.80 bits per heavy atom. The fourth-order valence-electron chi connectivity index (χ4n) is 1.93. The van der Waals surface area contributed by atoms with Gasteiger partial charge in [-0.3, -0.25) is 4.79 Å². The van der Waals surface area contributed by atoms with Gasteiger partial charge in [0.15, 0.2) is 5.11 Å². The van der Waals surface area contributed by atoms with Gasteiger partial charge in [-0.05, 0) is 24.2 Å². The van der Waals surface area contributed by atoms with Crippen molar-refractivity contribution in [2.24, 2.45) is 0 Å². The van der Waals surface area contributed by atoms with E-state index < -0.39 is 0 Å². The zero-order chi connectivity index (χ0) is 14.6. The average molecular weight is 292 g/mol. The van der Waals surface area contributed by atoms with E-state index in [2.05, 4.69) is 17.6 Å². The molecule has 0 aliphatic carbocycles. The Bertz CT molecular complexity index is 406. The van der Waals surface area contributed by atoms with Crippen LogP contribution in [0.15, 0.2) is 30.3 Å². The van der Waals surface area contributed by atoms with Crippen molar-refractivity contribution in [3.8, 4) is 0 Å². The predicted molar refractivity (Wildman–Crippen MR) is 87.6 cm³/mol. The number of hydrogen-bond acceptors (Lipinski definition) is 2. The SMILES string of the molecule is CCCCCCCNC(=S)NC(=O)Cc1ccccc1. The summed E-state index contributed by atoms with van der Waals surface area (Å²) in [4.78, 5) is 11.8. The van der Waals surface area contributed by atoms with E-state index in [9.17, 15) is 4.79 Å². The molecule has 0 saturated heterocycles. The van der Waals surface area contributed by atoms with Crippen LogP contribution in [0, 0.1) is 0 Å². The maximum atomic E-state index is 11.8. The van der Waals surface area contributed by atoms with Crippen LogP contribution in [0.1, 0.15) is 44.6 Å². The average Bonchev–Trinajstić information content (AvgIpc) is 2.43. The predicted octanol–water partition coefficient (Wildman–Crippen LogP) is 3.19. The molecule has 0 fully saturated rings. The van der Waals surface area contributed by atoms with Crippen molar-refractivity contribution in [2.45, 2.75) is 45.4 Å². The molecule has 0 aromatic heterocycles. The summed E-state index contributed by atoms with van der Waals surface area (Å²) >= 11 is 5.10. The lowest BCUT2D eigenvalue weighted by atomic mass is 10.1. The summed E-state index contributed by atoms with van der Waals surface area (Å²) in [5.41, 5.74) is 0.993. The van der Waals surface area contributed by atoms with Gasteiger partial charge in [0.25, 0.3) is 0 Å². The van der Waals surface area contributed by atoms with E-state index in [0.29, 0.717) is 11.5 Å². The molecule has 0 radical (unpaired) electrons. The molecule has 4 heteroatoms. The largest absolute Gasteiger partial charge is 0.362 e. The maximum absolute atomic E-state index is 11.8. The normalized spacial score (nSPS) is 10.1. The molecular weight excluding hydrogens is 268 g/mol. The van der Waals surface area contributed by atoms with Crippen molar-refractivity contribution in [3.63, 3.8) is 0 Å². The minimum Gasteiger partial charge on any atom is -0.362 e. The van der Waals surface area contributed by atoms with Gasteiger partial charge < -0.3 is 10.6 Å². The first-order valence-electron chi connectivity index (χ1n) is 7.34. The van der Waals surface area contributed by atoms with E-state index in [1.54, 1.807) is 0 Å². The summed E-state index contributed by atoms with van der Waals surface area (Å²) in [5, 5.41) is 6.22. The highest BCUT2D eigenvalue weighted by Gasteiger charge is 2.04. The Kier molecular flexibility index (Phi) is 8.63. The van der Waals surface area contributed by atoms with Crippen LogP contribution in [0.4, 0.5) is 0 Å². The second-order valence-corrected chi connectivity index (χ2v) is 5.29. The molecule has 0 aliphatic rings. The van der Waals surface area contributed by atoms with Gasteiger partial charge in [-0.2, -0.15) is 0 Å². The fourth-order valence-corrected chi connectivity index (χ4v) is 2.14. The lowest BCUT2D eigenvalue weighted by Gasteiger charge is -2.09. The van der Waals surface area contributed by atoms with Crippen molar-refractivity contribution in [2.75, 3.05) is 6.54 Å². The summed E-state index contributed by atoms with van der Waals surface area (Å²) in [6, 6.07) is 9.66. The Hall–Kier alpha value is -1.42. The molecule has 1 aromatic rings. The van der Waals surface area contributed by atoms with E-state index in [4.69, 9.17) is 12.2 Å². The molecule has 0 unspecified atom stereocenters. The standard InChI is InChI=1S/C16H24N2OS/c1-2-3-4-5-9-12-17-16(20)18-15(19)13-14-10-7-6-8-11-14/h6-8,10-11H,2-5,9,12-13H2,1H3,(H2,17,18,19,20). The number of amides is 1. The molecule has 2 N–H and O–H groups in total. The highest BCUT2D eigenvalue weighted by molar-refractivity contribution is 7.80. The third kappa shape index (κ3) is 7.89. The second kappa shape index (κ2) is 10.4. The lowest BCUT2D eigenvalue weighted by Crippen LogP contribution is -2.40. The summed E-state index contributed by atoms with van der Waals surface area (Å²) in [5.74, 6) is -0.0697. The number of carbonyl (C=O) groups is 1. The number of carbonyl (C=O) groups excluding carboxylic acids is 1. The molecule has 0 saturated carbocycles. The molecule has 0 heterocycles. The summed E-state index contributed by atoms with van der Waals surface area (Å²) in [7, 11) is 0. The minimum absolute atomic E-state index is 0.0697. The van der Waals surface area contributed by atoms with E-state index in [0.717, 1.165) is 18.5 Å². The molecule has 1 aromatic carbocycles. The monoisotopic (exact) mass is 292 g/mol. The zero-order valence-electron chi connectivity index (χ0n) is 12.2. The van der Waals surface area contributed by atoms with Gasteiger partial charge in [-0.15, -0.1) is 0 Å². The van der Waals surface area contributed by atoms with Gasteiger partial charge in [0.1, 0.15) is 0 Å². The molecular formula is C16H24N2OS. The molecule has 1 amide bonds. The Labute approximate surface area is 127 Å². The molecule has 0 spiro atoms. The molecule has 0 bridgehead atoms. The Balaban J connectivity index is 2.11. The number of rotatable bonds is 8. The molecule has 3 nitrogen and oxygen atoms in total. The van der Waals surface area contributed by atoms with Crippen molar-refractivity contribution < 1.29 is 4.79 Å². The minimum atomic E-state index is -0.0697.